The Hall–Kier alpha value is -1.12. The summed E-state index contributed by atoms with van der Waals surface area (Å²) in [5.74, 6) is 0.678. The quantitative estimate of drug-likeness (QED) is 0.771. The van der Waals surface area contributed by atoms with Crippen LogP contribution in [-0.4, -0.2) is 9.97 Å². The number of H-pyrrole nitrogens is 1. The van der Waals surface area contributed by atoms with Gasteiger partial charge in [0, 0.05) is 9.49 Å². The average Bonchev–Trinajstić information content (AvgIpc) is 3.11. The molecule has 1 N–H and O–H groups in total. The van der Waals surface area contributed by atoms with Crippen molar-refractivity contribution < 1.29 is 13.2 Å². The predicted octanol–water partition coefficient (Wildman–Crippen LogP) is 3.42. The summed E-state index contributed by atoms with van der Waals surface area (Å²) in [5.41, 5.74) is -1.02. The van der Waals surface area contributed by atoms with Gasteiger partial charge in [-0.05, 0) is 47.6 Å². The van der Waals surface area contributed by atoms with E-state index in [-0.39, 0.29) is 26.0 Å². The van der Waals surface area contributed by atoms with Crippen molar-refractivity contribution in [1.82, 2.24) is 9.97 Å². The molecule has 0 bridgehead atoms. The average molecular weight is 380 g/mol. The molecule has 7 heteroatoms. The van der Waals surface area contributed by atoms with Gasteiger partial charge in [0.25, 0.3) is 5.56 Å². The molecule has 0 saturated heterocycles. The predicted molar refractivity (Wildman–Crippen MR) is 72.1 cm³/mol. The number of benzene rings is 1. The Morgan fingerprint density at radius 3 is 2.58 bits per heavy atom. The third-order valence-electron chi connectivity index (χ3n) is 3.08. The van der Waals surface area contributed by atoms with E-state index < -0.39 is 11.7 Å². The second-order valence-electron chi connectivity index (χ2n) is 4.57. The molecule has 1 aromatic heterocycles. The Kier molecular flexibility index (Phi) is 2.84. The summed E-state index contributed by atoms with van der Waals surface area (Å²) in [5, 5.41) is 0.196. The van der Waals surface area contributed by atoms with Crippen LogP contribution in [0.15, 0.2) is 16.9 Å². The molecule has 1 heterocycles. The third kappa shape index (κ3) is 2.35. The van der Waals surface area contributed by atoms with Gasteiger partial charge in [0.15, 0.2) is 0 Å². The lowest BCUT2D eigenvalue weighted by atomic mass is 10.1. The van der Waals surface area contributed by atoms with E-state index in [9.17, 15) is 18.0 Å². The number of halogens is 4. The summed E-state index contributed by atoms with van der Waals surface area (Å²) in [4.78, 5) is 18.7. The maximum atomic E-state index is 12.8. The zero-order chi connectivity index (χ0) is 13.8. The summed E-state index contributed by atoms with van der Waals surface area (Å²) in [7, 11) is 0. The molecule has 1 saturated carbocycles. The third-order valence-corrected chi connectivity index (χ3v) is 3.97. The fraction of sp³-hybridized carbons (Fsp3) is 0.333. The highest BCUT2D eigenvalue weighted by Gasteiger charge is 2.34. The lowest BCUT2D eigenvalue weighted by Gasteiger charge is -2.10. The first kappa shape index (κ1) is 12.9. The van der Waals surface area contributed by atoms with E-state index in [4.69, 9.17) is 0 Å². The van der Waals surface area contributed by atoms with E-state index in [1.54, 1.807) is 22.6 Å². The lowest BCUT2D eigenvalue weighted by molar-refractivity contribution is -0.138. The van der Waals surface area contributed by atoms with Crippen molar-refractivity contribution in [2.24, 2.45) is 0 Å². The van der Waals surface area contributed by atoms with Crippen molar-refractivity contribution >= 4 is 33.5 Å². The molecule has 1 aliphatic carbocycles. The van der Waals surface area contributed by atoms with Crippen molar-refractivity contribution in [3.05, 3.63) is 37.4 Å². The maximum absolute atomic E-state index is 12.8. The first-order valence-corrected chi connectivity index (χ1v) is 6.75. The Balaban J connectivity index is 2.28. The molecule has 0 radical (unpaired) electrons. The maximum Gasteiger partial charge on any atom is 0.417 e. The van der Waals surface area contributed by atoms with Gasteiger partial charge in [-0.3, -0.25) is 4.79 Å². The van der Waals surface area contributed by atoms with Crippen LogP contribution >= 0.6 is 22.6 Å². The Labute approximate surface area is 119 Å². The number of fused-ring (bicyclic) bond motifs is 1. The topological polar surface area (TPSA) is 45.8 Å². The van der Waals surface area contributed by atoms with Gasteiger partial charge in [-0.15, -0.1) is 0 Å². The zero-order valence-electron chi connectivity index (χ0n) is 9.51. The van der Waals surface area contributed by atoms with E-state index in [0.717, 1.165) is 18.9 Å². The number of alkyl halides is 3. The molecule has 0 unspecified atom stereocenters. The molecule has 3 rings (SSSR count). The van der Waals surface area contributed by atoms with Gasteiger partial charge in [-0.2, -0.15) is 13.2 Å². The molecular weight excluding hydrogens is 372 g/mol. The van der Waals surface area contributed by atoms with Crippen molar-refractivity contribution in [1.29, 1.82) is 0 Å². The van der Waals surface area contributed by atoms with Gasteiger partial charge in [-0.25, -0.2) is 4.98 Å². The van der Waals surface area contributed by atoms with Crippen LogP contribution in [0.5, 0.6) is 0 Å². The number of hydrogen-bond acceptors (Lipinski definition) is 2. The van der Waals surface area contributed by atoms with Gasteiger partial charge in [0.2, 0.25) is 0 Å². The number of hydrogen-bond donors (Lipinski definition) is 1. The van der Waals surface area contributed by atoms with Crippen molar-refractivity contribution in [3.8, 4) is 0 Å². The number of aromatic amines is 1. The molecule has 0 spiro atoms. The van der Waals surface area contributed by atoms with Crippen LogP contribution < -0.4 is 5.56 Å². The largest absolute Gasteiger partial charge is 0.417 e. The molecule has 1 aromatic carbocycles. The van der Waals surface area contributed by atoms with Gasteiger partial charge >= 0.3 is 6.18 Å². The molecule has 2 aromatic rings. The summed E-state index contributed by atoms with van der Waals surface area (Å²) in [6.45, 7) is 0. The van der Waals surface area contributed by atoms with Crippen LogP contribution in [-0.2, 0) is 6.18 Å². The molecule has 0 aliphatic heterocycles. The second-order valence-corrected chi connectivity index (χ2v) is 5.73. The van der Waals surface area contributed by atoms with E-state index in [2.05, 4.69) is 9.97 Å². The first-order valence-electron chi connectivity index (χ1n) is 5.67. The fourth-order valence-corrected chi connectivity index (χ4v) is 2.72. The van der Waals surface area contributed by atoms with Crippen LogP contribution in [0.25, 0.3) is 10.9 Å². The second kappa shape index (κ2) is 4.19. The summed E-state index contributed by atoms with van der Waals surface area (Å²) >= 11 is 1.58. The molecule has 1 aliphatic rings. The minimum atomic E-state index is -4.44. The van der Waals surface area contributed by atoms with Crippen molar-refractivity contribution in [3.63, 3.8) is 0 Å². The number of rotatable bonds is 1. The smallest absolute Gasteiger partial charge is 0.310 e. The highest BCUT2D eigenvalue weighted by atomic mass is 127. The monoisotopic (exact) mass is 380 g/mol. The molecular formula is C12H8F3IN2O. The summed E-state index contributed by atoms with van der Waals surface area (Å²) in [6.07, 6.45) is -2.59. The number of nitrogens with one attached hydrogen (secondary N) is 1. The lowest BCUT2D eigenvalue weighted by Crippen LogP contribution is -2.14. The van der Waals surface area contributed by atoms with Crippen LogP contribution in [0.2, 0.25) is 0 Å². The molecule has 19 heavy (non-hydrogen) atoms. The molecule has 100 valence electrons. The van der Waals surface area contributed by atoms with Crippen LogP contribution in [0, 0.1) is 3.57 Å². The van der Waals surface area contributed by atoms with Gasteiger partial charge in [-0.1, -0.05) is 0 Å². The van der Waals surface area contributed by atoms with E-state index >= 15 is 0 Å². The van der Waals surface area contributed by atoms with Gasteiger partial charge in [0.05, 0.1) is 16.5 Å². The highest BCUT2D eigenvalue weighted by molar-refractivity contribution is 14.1. The van der Waals surface area contributed by atoms with Crippen molar-refractivity contribution in [2.75, 3.05) is 0 Å². The van der Waals surface area contributed by atoms with E-state index in [1.165, 1.54) is 6.07 Å². The minimum Gasteiger partial charge on any atom is -0.310 e. The van der Waals surface area contributed by atoms with Gasteiger partial charge in [0.1, 0.15) is 5.82 Å². The highest BCUT2D eigenvalue weighted by Crippen LogP contribution is 2.38. The first-order chi connectivity index (χ1) is 8.86. The number of nitrogens with zero attached hydrogens (tertiary/aromatic N) is 1. The zero-order valence-corrected chi connectivity index (χ0v) is 11.7. The van der Waals surface area contributed by atoms with Crippen molar-refractivity contribution in [2.45, 2.75) is 24.9 Å². The molecule has 3 nitrogen and oxygen atoms in total. The van der Waals surface area contributed by atoms with Crippen LogP contribution in [0.1, 0.15) is 30.1 Å². The Bertz CT molecular complexity index is 719. The molecule has 0 atom stereocenters. The standard InChI is InChI=1S/C12H8F3IN2O/c13-12(14,15)7-4-9-6(3-8(7)16)11(19)18-10(17-9)5-1-2-5/h3-5H,1-2H2,(H,17,18,19). The summed E-state index contributed by atoms with van der Waals surface area (Å²) in [6, 6.07) is 2.19. The normalized spacial score (nSPS) is 16.0. The summed E-state index contributed by atoms with van der Waals surface area (Å²) < 4.78 is 38.5. The van der Waals surface area contributed by atoms with Crippen LogP contribution in [0.3, 0.4) is 0 Å². The number of aromatic nitrogens is 2. The fourth-order valence-electron chi connectivity index (χ4n) is 1.94. The Morgan fingerprint density at radius 2 is 2.00 bits per heavy atom. The Morgan fingerprint density at radius 1 is 1.32 bits per heavy atom. The van der Waals surface area contributed by atoms with E-state index in [0.29, 0.717) is 5.82 Å². The molecule has 0 amide bonds. The van der Waals surface area contributed by atoms with E-state index in [1.807, 2.05) is 0 Å². The van der Waals surface area contributed by atoms with Crippen LogP contribution in [0.4, 0.5) is 13.2 Å². The van der Waals surface area contributed by atoms with Gasteiger partial charge < -0.3 is 4.98 Å². The minimum absolute atomic E-state index is 0.00377. The molecule has 1 fully saturated rings. The SMILES string of the molecule is O=c1[nH]c(C2CC2)nc2cc(C(F)(F)F)c(I)cc12.